The molecule has 5 nitrogen and oxygen atoms in total. The molecular formula is C17H22F3N3O2. The Balaban J connectivity index is 2.15. The van der Waals surface area contributed by atoms with Gasteiger partial charge in [-0.3, -0.25) is 9.78 Å². The minimum atomic E-state index is -5.00. The first kappa shape index (κ1) is 19.4. The highest BCUT2D eigenvalue weighted by Gasteiger charge is 2.63. The van der Waals surface area contributed by atoms with E-state index >= 15 is 0 Å². The molecular weight excluding hydrogens is 335 g/mol. The second kappa shape index (κ2) is 7.95. The molecule has 0 spiro atoms. The van der Waals surface area contributed by atoms with E-state index in [9.17, 15) is 23.1 Å². The van der Waals surface area contributed by atoms with Gasteiger partial charge < -0.3 is 5.11 Å². The van der Waals surface area contributed by atoms with E-state index in [0.29, 0.717) is 12.0 Å². The fourth-order valence-corrected chi connectivity index (χ4v) is 2.71. The van der Waals surface area contributed by atoms with Gasteiger partial charge in [-0.25, -0.2) is 0 Å². The Bertz CT molecular complexity index is 619. The van der Waals surface area contributed by atoms with Crippen LogP contribution in [0.5, 0.6) is 0 Å². The van der Waals surface area contributed by atoms with Crippen LogP contribution in [0, 0.1) is 0 Å². The third-order valence-electron chi connectivity index (χ3n) is 4.16. The van der Waals surface area contributed by atoms with E-state index in [0.717, 1.165) is 25.7 Å². The van der Waals surface area contributed by atoms with Crippen molar-refractivity contribution in [1.82, 2.24) is 9.99 Å². The zero-order valence-electron chi connectivity index (χ0n) is 14.1. The second-order valence-electron chi connectivity index (χ2n) is 6.15. The first-order valence-corrected chi connectivity index (χ1v) is 8.39. The van der Waals surface area contributed by atoms with Gasteiger partial charge in [-0.05, 0) is 12.5 Å². The van der Waals surface area contributed by atoms with Crippen LogP contribution in [-0.2, 0) is 4.79 Å². The van der Waals surface area contributed by atoms with Gasteiger partial charge in [0, 0.05) is 24.4 Å². The lowest BCUT2D eigenvalue weighted by Crippen LogP contribution is -2.56. The molecule has 0 unspecified atom stereocenters. The van der Waals surface area contributed by atoms with Gasteiger partial charge >= 0.3 is 6.18 Å². The molecule has 0 radical (unpaired) electrons. The summed E-state index contributed by atoms with van der Waals surface area (Å²) in [6, 6.07) is 3.10. The summed E-state index contributed by atoms with van der Waals surface area (Å²) in [4.78, 5) is 16.1. The van der Waals surface area contributed by atoms with Crippen LogP contribution in [0.4, 0.5) is 13.2 Å². The number of amides is 1. The number of rotatable bonds is 7. The number of hydrazone groups is 1. The molecule has 0 saturated carbocycles. The number of carbonyl (C=O) groups excluding carboxylic acids is 1. The Morgan fingerprint density at radius 1 is 1.32 bits per heavy atom. The number of halogens is 3. The summed E-state index contributed by atoms with van der Waals surface area (Å²) >= 11 is 0. The van der Waals surface area contributed by atoms with E-state index in [1.807, 2.05) is 6.92 Å². The van der Waals surface area contributed by atoms with E-state index in [1.54, 1.807) is 12.1 Å². The molecule has 2 rings (SSSR count). The van der Waals surface area contributed by atoms with Gasteiger partial charge in [-0.2, -0.15) is 23.3 Å². The number of pyridine rings is 1. The summed E-state index contributed by atoms with van der Waals surface area (Å²) in [5, 5.41) is 14.2. The minimum Gasteiger partial charge on any atom is -0.362 e. The highest BCUT2D eigenvalue weighted by Crippen LogP contribution is 2.41. The molecule has 2 heterocycles. The van der Waals surface area contributed by atoms with Crippen LogP contribution in [0.2, 0.25) is 0 Å². The zero-order valence-corrected chi connectivity index (χ0v) is 14.1. The summed E-state index contributed by atoms with van der Waals surface area (Å²) in [5.41, 5.74) is -2.96. The number of unbranched alkanes of at least 4 members (excludes halogenated alkanes) is 4. The highest BCUT2D eigenvalue weighted by molar-refractivity contribution is 6.03. The van der Waals surface area contributed by atoms with Gasteiger partial charge in [-0.1, -0.05) is 38.7 Å². The van der Waals surface area contributed by atoms with Crippen molar-refractivity contribution in [3.8, 4) is 0 Å². The lowest BCUT2D eigenvalue weighted by atomic mass is 10.0. The second-order valence-corrected chi connectivity index (χ2v) is 6.15. The minimum absolute atomic E-state index is 0.00717. The topological polar surface area (TPSA) is 65.8 Å². The van der Waals surface area contributed by atoms with Crippen molar-refractivity contribution in [3.63, 3.8) is 0 Å². The Kier molecular flexibility index (Phi) is 6.16. The van der Waals surface area contributed by atoms with E-state index in [2.05, 4.69) is 10.1 Å². The number of hydrogen-bond acceptors (Lipinski definition) is 4. The lowest BCUT2D eigenvalue weighted by Gasteiger charge is -2.32. The van der Waals surface area contributed by atoms with Crippen molar-refractivity contribution in [2.75, 3.05) is 0 Å². The fraction of sp³-hybridized carbons (Fsp3) is 0.588. The van der Waals surface area contributed by atoms with Crippen molar-refractivity contribution < 1.29 is 23.1 Å². The third kappa shape index (κ3) is 4.36. The summed E-state index contributed by atoms with van der Waals surface area (Å²) in [6.07, 6.45) is 1.17. The van der Waals surface area contributed by atoms with Crippen LogP contribution in [0.15, 0.2) is 29.6 Å². The van der Waals surface area contributed by atoms with Gasteiger partial charge in [-0.15, -0.1) is 0 Å². The molecule has 0 fully saturated rings. The predicted molar refractivity (Wildman–Crippen MR) is 86.6 cm³/mol. The number of nitrogens with zero attached hydrogens (tertiary/aromatic N) is 3. The van der Waals surface area contributed by atoms with Gasteiger partial charge in [0.05, 0.1) is 12.1 Å². The Morgan fingerprint density at radius 3 is 2.64 bits per heavy atom. The summed E-state index contributed by atoms with van der Waals surface area (Å²) in [7, 11) is 0. The molecule has 0 saturated heterocycles. The molecule has 1 aliphatic heterocycles. The van der Waals surface area contributed by atoms with Gasteiger partial charge in [0.15, 0.2) is 0 Å². The smallest absolute Gasteiger partial charge is 0.362 e. The Hall–Kier alpha value is -1.96. The molecule has 1 atom stereocenters. The van der Waals surface area contributed by atoms with Crippen molar-refractivity contribution in [2.24, 2.45) is 5.10 Å². The van der Waals surface area contributed by atoms with Crippen LogP contribution in [-0.4, -0.2) is 38.6 Å². The summed E-state index contributed by atoms with van der Waals surface area (Å²) < 4.78 is 40.2. The summed E-state index contributed by atoms with van der Waals surface area (Å²) in [6.45, 7) is 2.05. The average Bonchev–Trinajstić information content (AvgIpc) is 2.94. The average molecular weight is 357 g/mol. The molecule has 1 aromatic heterocycles. The maximum atomic E-state index is 13.4. The SMILES string of the molecule is CCCCCCCC(=O)N1N=C(c2cccnc2)C[C@@]1(O)C(F)(F)F. The van der Waals surface area contributed by atoms with Crippen LogP contribution in [0.3, 0.4) is 0 Å². The fourth-order valence-electron chi connectivity index (χ4n) is 2.71. The third-order valence-corrected chi connectivity index (χ3v) is 4.16. The molecule has 1 amide bonds. The molecule has 1 aromatic rings. The number of carbonyl (C=O) groups is 1. The molecule has 0 aliphatic carbocycles. The van der Waals surface area contributed by atoms with E-state index in [4.69, 9.17) is 0 Å². The number of aliphatic hydroxyl groups is 1. The van der Waals surface area contributed by atoms with Crippen LogP contribution in [0.25, 0.3) is 0 Å². The first-order valence-electron chi connectivity index (χ1n) is 8.39. The standard InChI is InChI=1S/C17H22F3N3O2/c1-2-3-4-5-6-9-15(24)23-16(25,17(18,19)20)11-14(22-23)13-8-7-10-21-12-13/h7-8,10,12,25H,2-6,9,11H2,1H3/t16-/m1/s1. The van der Waals surface area contributed by atoms with Gasteiger partial charge in [0.1, 0.15) is 0 Å². The maximum Gasteiger partial charge on any atom is 0.438 e. The molecule has 0 bridgehead atoms. The molecule has 1 N–H and O–H groups in total. The van der Waals surface area contributed by atoms with Crippen LogP contribution >= 0.6 is 0 Å². The molecule has 25 heavy (non-hydrogen) atoms. The first-order chi connectivity index (χ1) is 11.8. The normalized spacial score (nSPS) is 20.7. The molecule has 0 aromatic carbocycles. The number of aromatic nitrogens is 1. The van der Waals surface area contributed by atoms with Gasteiger partial charge in [0.2, 0.25) is 5.91 Å². The highest BCUT2D eigenvalue weighted by atomic mass is 19.4. The quantitative estimate of drug-likeness (QED) is 0.758. The number of hydrogen-bond donors (Lipinski definition) is 1. The van der Waals surface area contributed by atoms with Gasteiger partial charge in [0.25, 0.3) is 5.72 Å². The lowest BCUT2D eigenvalue weighted by molar-refractivity contribution is -0.302. The molecule has 8 heteroatoms. The largest absolute Gasteiger partial charge is 0.438 e. The predicted octanol–water partition coefficient (Wildman–Crippen LogP) is 3.63. The number of alkyl halides is 3. The van der Waals surface area contributed by atoms with Crippen molar-refractivity contribution in [2.45, 2.75) is 63.8 Å². The zero-order chi connectivity index (χ0) is 18.5. The van der Waals surface area contributed by atoms with Crippen LogP contribution < -0.4 is 0 Å². The van der Waals surface area contributed by atoms with Crippen molar-refractivity contribution in [1.29, 1.82) is 0 Å². The van der Waals surface area contributed by atoms with E-state index in [1.165, 1.54) is 12.4 Å². The molecule has 1 aliphatic rings. The molecule has 138 valence electrons. The van der Waals surface area contributed by atoms with E-state index in [-0.39, 0.29) is 17.1 Å². The Labute approximate surface area is 144 Å². The van der Waals surface area contributed by atoms with E-state index < -0.39 is 24.2 Å². The van der Waals surface area contributed by atoms with Crippen LogP contribution in [0.1, 0.15) is 57.4 Å². The Morgan fingerprint density at radius 2 is 2.04 bits per heavy atom. The monoisotopic (exact) mass is 357 g/mol. The maximum absolute atomic E-state index is 13.4. The van der Waals surface area contributed by atoms with Crippen molar-refractivity contribution >= 4 is 11.6 Å². The summed E-state index contributed by atoms with van der Waals surface area (Å²) in [5.74, 6) is -0.824. The van der Waals surface area contributed by atoms with Crippen molar-refractivity contribution in [3.05, 3.63) is 30.1 Å².